The fourth-order valence-electron chi connectivity index (χ4n) is 3.47. The predicted octanol–water partition coefficient (Wildman–Crippen LogP) is 1.85. The molecule has 0 aliphatic carbocycles. The van der Waals surface area contributed by atoms with Gasteiger partial charge in [-0.25, -0.2) is 0 Å². The second kappa shape index (κ2) is 7.41. The third-order valence-corrected chi connectivity index (χ3v) is 4.63. The number of amides is 1. The molecule has 2 aliphatic heterocycles. The molecule has 0 aromatic rings. The predicted molar refractivity (Wildman–Crippen MR) is 82.8 cm³/mol. The first-order valence-electron chi connectivity index (χ1n) is 8.35. The van der Waals surface area contributed by atoms with Crippen LogP contribution in [0.2, 0.25) is 0 Å². The molecule has 4 heteroatoms. The average molecular weight is 281 g/mol. The SMILES string of the molecule is CC(C)NCCCC(=O)N1CC2CCCCN2CC1C. The first-order chi connectivity index (χ1) is 9.58. The van der Waals surface area contributed by atoms with Gasteiger partial charge in [0.25, 0.3) is 0 Å². The number of nitrogens with one attached hydrogen (secondary N) is 1. The highest BCUT2D eigenvalue weighted by atomic mass is 16.2. The van der Waals surface area contributed by atoms with E-state index >= 15 is 0 Å². The molecular formula is C16H31N3O. The molecule has 2 atom stereocenters. The molecule has 116 valence electrons. The van der Waals surface area contributed by atoms with Gasteiger partial charge in [-0.15, -0.1) is 0 Å². The number of rotatable bonds is 5. The lowest BCUT2D eigenvalue weighted by Crippen LogP contribution is -2.60. The summed E-state index contributed by atoms with van der Waals surface area (Å²) in [5.41, 5.74) is 0. The summed E-state index contributed by atoms with van der Waals surface area (Å²) in [6.45, 7) is 10.7. The van der Waals surface area contributed by atoms with Gasteiger partial charge in [0.2, 0.25) is 5.91 Å². The third-order valence-electron chi connectivity index (χ3n) is 4.63. The molecule has 0 radical (unpaired) electrons. The van der Waals surface area contributed by atoms with Gasteiger partial charge in [-0.05, 0) is 39.3 Å². The largest absolute Gasteiger partial charge is 0.337 e. The molecule has 0 aromatic carbocycles. The topological polar surface area (TPSA) is 35.6 Å². The van der Waals surface area contributed by atoms with Crippen molar-refractivity contribution in [1.82, 2.24) is 15.1 Å². The van der Waals surface area contributed by atoms with Crippen molar-refractivity contribution in [1.29, 1.82) is 0 Å². The molecule has 2 aliphatic rings. The lowest BCUT2D eigenvalue weighted by molar-refractivity contribution is -0.138. The quantitative estimate of drug-likeness (QED) is 0.781. The lowest BCUT2D eigenvalue weighted by atomic mass is 9.97. The van der Waals surface area contributed by atoms with Gasteiger partial charge >= 0.3 is 0 Å². The van der Waals surface area contributed by atoms with Crippen LogP contribution >= 0.6 is 0 Å². The Kier molecular flexibility index (Phi) is 5.85. The van der Waals surface area contributed by atoms with E-state index in [4.69, 9.17) is 0 Å². The minimum absolute atomic E-state index is 0.355. The van der Waals surface area contributed by atoms with E-state index in [-0.39, 0.29) is 0 Å². The van der Waals surface area contributed by atoms with Crippen LogP contribution in [-0.4, -0.2) is 60.0 Å². The van der Waals surface area contributed by atoms with Crippen LogP contribution in [0.1, 0.15) is 52.9 Å². The van der Waals surface area contributed by atoms with E-state index in [0.717, 1.165) is 26.1 Å². The van der Waals surface area contributed by atoms with E-state index in [9.17, 15) is 4.79 Å². The Hall–Kier alpha value is -0.610. The number of fused-ring (bicyclic) bond motifs is 1. The Morgan fingerprint density at radius 3 is 2.85 bits per heavy atom. The maximum atomic E-state index is 12.4. The van der Waals surface area contributed by atoms with Crippen molar-refractivity contribution in [2.45, 2.75) is 71.0 Å². The summed E-state index contributed by atoms with van der Waals surface area (Å²) < 4.78 is 0. The fraction of sp³-hybridized carbons (Fsp3) is 0.938. The molecular weight excluding hydrogens is 250 g/mol. The van der Waals surface area contributed by atoms with Gasteiger partial charge in [0.15, 0.2) is 0 Å². The van der Waals surface area contributed by atoms with Gasteiger partial charge in [-0.2, -0.15) is 0 Å². The zero-order chi connectivity index (χ0) is 14.5. The molecule has 1 amide bonds. The van der Waals surface area contributed by atoms with E-state index in [0.29, 0.717) is 30.5 Å². The zero-order valence-corrected chi connectivity index (χ0v) is 13.4. The Labute approximate surface area is 123 Å². The fourth-order valence-corrected chi connectivity index (χ4v) is 3.47. The smallest absolute Gasteiger partial charge is 0.222 e. The van der Waals surface area contributed by atoms with E-state index in [1.54, 1.807) is 0 Å². The van der Waals surface area contributed by atoms with Crippen LogP contribution in [0.4, 0.5) is 0 Å². The lowest BCUT2D eigenvalue weighted by Gasteiger charge is -2.47. The molecule has 2 rings (SSSR count). The summed E-state index contributed by atoms with van der Waals surface area (Å²) in [6, 6.07) is 1.52. The maximum Gasteiger partial charge on any atom is 0.222 e. The number of hydrogen-bond donors (Lipinski definition) is 1. The van der Waals surface area contributed by atoms with Crippen LogP contribution in [-0.2, 0) is 4.79 Å². The zero-order valence-electron chi connectivity index (χ0n) is 13.4. The molecule has 2 unspecified atom stereocenters. The van der Waals surface area contributed by atoms with E-state index in [1.165, 1.54) is 25.8 Å². The third kappa shape index (κ3) is 4.19. The summed E-state index contributed by atoms with van der Waals surface area (Å²) in [5.74, 6) is 0.355. The van der Waals surface area contributed by atoms with Crippen LogP contribution in [0.3, 0.4) is 0 Å². The molecule has 2 fully saturated rings. The van der Waals surface area contributed by atoms with Crippen LogP contribution in [0.25, 0.3) is 0 Å². The first-order valence-corrected chi connectivity index (χ1v) is 8.35. The van der Waals surface area contributed by atoms with Crippen molar-refractivity contribution in [3.63, 3.8) is 0 Å². The second-order valence-corrected chi connectivity index (χ2v) is 6.75. The highest BCUT2D eigenvalue weighted by molar-refractivity contribution is 5.76. The molecule has 0 spiro atoms. The van der Waals surface area contributed by atoms with Crippen molar-refractivity contribution in [3.05, 3.63) is 0 Å². The minimum Gasteiger partial charge on any atom is -0.337 e. The molecule has 0 bridgehead atoms. The number of piperazine rings is 1. The second-order valence-electron chi connectivity index (χ2n) is 6.75. The van der Waals surface area contributed by atoms with E-state index < -0.39 is 0 Å². The van der Waals surface area contributed by atoms with Crippen molar-refractivity contribution in [2.24, 2.45) is 0 Å². The Morgan fingerprint density at radius 2 is 2.10 bits per heavy atom. The van der Waals surface area contributed by atoms with Crippen molar-refractivity contribution in [2.75, 3.05) is 26.2 Å². The molecule has 1 N–H and O–H groups in total. The molecule has 2 saturated heterocycles. The maximum absolute atomic E-state index is 12.4. The van der Waals surface area contributed by atoms with Gasteiger partial charge in [-0.3, -0.25) is 9.69 Å². The number of carbonyl (C=O) groups is 1. The Bertz CT molecular complexity index is 319. The Morgan fingerprint density at radius 1 is 1.30 bits per heavy atom. The number of piperidine rings is 1. The summed E-state index contributed by atoms with van der Waals surface area (Å²) in [7, 11) is 0. The van der Waals surface area contributed by atoms with Gasteiger partial charge in [-0.1, -0.05) is 20.3 Å². The van der Waals surface area contributed by atoms with Gasteiger partial charge in [0.1, 0.15) is 0 Å². The van der Waals surface area contributed by atoms with Crippen molar-refractivity contribution < 1.29 is 4.79 Å². The van der Waals surface area contributed by atoms with Crippen molar-refractivity contribution >= 4 is 5.91 Å². The highest BCUT2D eigenvalue weighted by Gasteiger charge is 2.34. The van der Waals surface area contributed by atoms with E-state index in [2.05, 4.69) is 35.9 Å². The van der Waals surface area contributed by atoms with Crippen LogP contribution < -0.4 is 5.32 Å². The van der Waals surface area contributed by atoms with Crippen LogP contribution in [0.15, 0.2) is 0 Å². The molecule has 20 heavy (non-hydrogen) atoms. The van der Waals surface area contributed by atoms with Gasteiger partial charge in [0, 0.05) is 37.6 Å². The highest BCUT2D eigenvalue weighted by Crippen LogP contribution is 2.24. The summed E-state index contributed by atoms with van der Waals surface area (Å²) in [5, 5.41) is 3.38. The summed E-state index contributed by atoms with van der Waals surface area (Å²) in [6.07, 6.45) is 5.57. The normalized spacial score (nSPS) is 27.7. The first kappa shape index (κ1) is 15.8. The van der Waals surface area contributed by atoms with Crippen LogP contribution in [0, 0.1) is 0 Å². The Balaban J connectivity index is 1.77. The minimum atomic E-state index is 0.355. The number of carbonyl (C=O) groups excluding carboxylic acids is 1. The number of hydrogen-bond acceptors (Lipinski definition) is 3. The monoisotopic (exact) mass is 281 g/mol. The van der Waals surface area contributed by atoms with Gasteiger partial charge in [0.05, 0.1) is 0 Å². The summed E-state index contributed by atoms with van der Waals surface area (Å²) in [4.78, 5) is 17.1. The van der Waals surface area contributed by atoms with Crippen molar-refractivity contribution in [3.8, 4) is 0 Å². The van der Waals surface area contributed by atoms with Gasteiger partial charge < -0.3 is 10.2 Å². The summed E-state index contributed by atoms with van der Waals surface area (Å²) >= 11 is 0. The molecule has 0 aromatic heterocycles. The standard InChI is InChI=1S/C16H31N3O/c1-13(2)17-9-6-8-16(20)19-12-15-7-4-5-10-18(15)11-14(19)3/h13-15,17H,4-12H2,1-3H3. The molecule has 0 saturated carbocycles. The van der Waals surface area contributed by atoms with E-state index in [1.807, 2.05) is 0 Å². The number of nitrogens with zero attached hydrogens (tertiary/aromatic N) is 2. The van der Waals surface area contributed by atoms with Crippen LogP contribution in [0.5, 0.6) is 0 Å². The average Bonchev–Trinajstić information content (AvgIpc) is 2.42. The molecule has 2 heterocycles. The molecule has 4 nitrogen and oxygen atoms in total.